The van der Waals surface area contributed by atoms with Crippen LogP contribution in [-0.2, 0) is 17.8 Å². The Kier molecular flexibility index (Phi) is 5.22. The predicted octanol–water partition coefficient (Wildman–Crippen LogP) is 0.00810. The Morgan fingerprint density at radius 2 is 1.91 bits per heavy atom. The summed E-state index contributed by atoms with van der Waals surface area (Å²) in [4.78, 5) is 11.8. The number of aromatic nitrogens is 1. The second kappa shape index (κ2) is 7.14. The molecule has 0 unspecified atom stereocenters. The van der Waals surface area contributed by atoms with E-state index in [1.807, 2.05) is 30.3 Å². The molecule has 1 heterocycles. The fourth-order valence-electron chi connectivity index (χ4n) is 2.41. The number of nitrogens with zero attached hydrogens (tertiary/aromatic N) is 1. The van der Waals surface area contributed by atoms with E-state index < -0.39 is 23.9 Å². The SMILES string of the molecule is NC(=O)[C@@H](Cc1ccccc1)c1cc(O)n(C[C@H](O)NO)c1O. The first-order valence-electron chi connectivity index (χ1n) is 6.96. The molecule has 0 aliphatic rings. The molecular formula is C15H19N3O5. The van der Waals surface area contributed by atoms with E-state index in [0.717, 1.165) is 10.1 Å². The maximum atomic E-state index is 11.8. The summed E-state index contributed by atoms with van der Waals surface area (Å²) in [5.41, 5.74) is 8.02. The van der Waals surface area contributed by atoms with Crippen LogP contribution in [0.2, 0.25) is 0 Å². The number of aliphatic hydroxyl groups is 1. The van der Waals surface area contributed by atoms with Gasteiger partial charge in [-0.05, 0) is 12.0 Å². The zero-order valence-corrected chi connectivity index (χ0v) is 12.3. The minimum Gasteiger partial charge on any atom is -0.494 e. The van der Waals surface area contributed by atoms with Gasteiger partial charge in [0.1, 0.15) is 6.23 Å². The van der Waals surface area contributed by atoms with E-state index in [1.165, 1.54) is 6.07 Å². The van der Waals surface area contributed by atoms with Crippen LogP contribution in [0, 0.1) is 0 Å². The second-order valence-corrected chi connectivity index (χ2v) is 5.18. The largest absolute Gasteiger partial charge is 0.494 e. The Labute approximate surface area is 132 Å². The molecule has 0 aliphatic carbocycles. The highest BCUT2D eigenvalue weighted by molar-refractivity contribution is 5.83. The number of rotatable bonds is 7. The molecule has 1 aromatic heterocycles. The number of carbonyl (C=O) groups is 1. The van der Waals surface area contributed by atoms with E-state index in [1.54, 1.807) is 5.48 Å². The summed E-state index contributed by atoms with van der Waals surface area (Å²) in [5, 5.41) is 38.1. The van der Waals surface area contributed by atoms with Crippen molar-refractivity contribution in [2.24, 2.45) is 5.73 Å². The molecule has 1 amide bonds. The van der Waals surface area contributed by atoms with Gasteiger partial charge in [0.15, 0.2) is 11.8 Å². The highest BCUT2D eigenvalue weighted by atomic mass is 16.5. The maximum absolute atomic E-state index is 11.8. The monoisotopic (exact) mass is 321 g/mol. The Morgan fingerprint density at radius 3 is 2.48 bits per heavy atom. The third-order valence-electron chi connectivity index (χ3n) is 3.58. The number of carbonyl (C=O) groups excluding carboxylic acids is 1. The molecule has 8 heteroatoms. The third-order valence-corrected chi connectivity index (χ3v) is 3.58. The van der Waals surface area contributed by atoms with Crippen LogP contribution >= 0.6 is 0 Å². The Morgan fingerprint density at radius 1 is 1.26 bits per heavy atom. The van der Waals surface area contributed by atoms with Crippen LogP contribution in [0.1, 0.15) is 17.0 Å². The first-order valence-corrected chi connectivity index (χ1v) is 6.96. The summed E-state index contributed by atoms with van der Waals surface area (Å²) in [5.74, 6) is -2.24. The van der Waals surface area contributed by atoms with E-state index in [0.29, 0.717) is 0 Å². The zero-order valence-electron chi connectivity index (χ0n) is 12.3. The van der Waals surface area contributed by atoms with Gasteiger partial charge in [0.2, 0.25) is 5.91 Å². The number of hydrogen-bond donors (Lipinski definition) is 6. The van der Waals surface area contributed by atoms with Gasteiger partial charge in [0, 0.05) is 11.6 Å². The fraction of sp³-hybridized carbons (Fsp3) is 0.267. The van der Waals surface area contributed by atoms with Gasteiger partial charge < -0.3 is 26.3 Å². The Bertz CT molecular complexity index is 671. The van der Waals surface area contributed by atoms with Crippen molar-refractivity contribution in [3.63, 3.8) is 0 Å². The van der Waals surface area contributed by atoms with Crippen molar-refractivity contribution in [3.8, 4) is 11.8 Å². The number of hydroxylamine groups is 1. The quantitative estimate of drug-likeness (QED) is 0.313. The number of aliphatic hydroxyl groups excluding tert-OH is 1. The van der Waals surface area contributed by atoms with Crippen LogP contribution in [-0.4, -0.2) is 37.2 Å². The molecule has 0 saturated carbocycles. The first-order chi connectivity index (χ1) is 10.9. The van der Waals surface area contributed by atoms with Crippen molar-refractivity contribution in [2.45, 2.75) is 25.1 Å². The third kappa shape index (κ3) is 3.81. The van der Waals surface area contributed by atoms with Crippen LogP contribution in [0.3, 0.4) is 0 Å². The lowest BCUT2D eigenvalue weighted by Crippen LogP contribution is -2.30. The van der Waals surface area contributed by atoms with Gasteiger partial charge in [-0.1, -0.05) is 30.3 Å². The highest BCUT2D eigenvalue weighted by Gasteiger charge is 2.27. The molecule has 23 heavy (non-hydrogen) atoms. The molecule has 0 bridgehead atoms. The predicted molar refractivity (Wildman–Crippen MR) is 80.8 cm³/mol. The molecule has 0 fully saturated rings. The Hall–Kier alpha value is -2.55. The molecule has 2 aromatic rings. The summed E-state index contributed by atoms with van der Waals surface area (Å²) < 4.78 is 0.962. The molecule has 0 radical (unpaired) electrons. The van der Waals surface area contributed by atoms with Crippen LogP contribution < -0.4 is 11.2 Å². The zero-order chi connectivity index (χ0) is 17.0. The lowest BCUT2D eigenvalue weighted by atomic mass is 9.93. The minimum absolute atomic E-state index is 0.156. The number of primary amides is 1. The van der Waals surface area contributed by atoms with Crippen LogP contribution in [0.5, 0.6) is 11.8 Å². The van der Waals surface area contributed by atoms with Gasteiger partial charge >= 0.3 is 0 Å². The van der Waals surface area contributed by atoms with Gasteiger partial charge in [-0.15, -0.1) is 0 Å². The number of aromatic hydroxyl groups is 2. The maximum Gasteiger partial charge on any atom is 0.225 e. The van der Waals surface area contributed by atoms with Crippen LogP contribution in [0.25, 0.3) is 0 Å². The smallest absolute Gasteiger partial charge is 0.225 e. The number of hydrogen-bond acceptors (Lipinski definition) is 6. The van der Waals surface area contributed by atoms with Gasteiger partial charge in [-0.3, -0.25) is 9.36 Å². The van der Waals surface area contributed by atoms with E-state index in [9.17, 15) is 20.1 Å². The van der Waals surface area contributed by atoms with Crippen molar-refractivity contribution >= 4 is 5.91 Å². The minimum atomic E-state index is -1.40. The number of benzene rings is 1. The molecule has 7 N–H and O–H groups in total. The standard InChI is InChI=1S/C15H19N3O5/c16-14(21)10(6-9-4-2-1-3-5-9)11-7-13(20)18(15(11)22)8-12(19)17-23/h1-5,7,10,12,17,19-20,22-23H,6,8H2,(H2,16,21)/t10-,12-/m0/s1. The molecule has 0 aliphatic heterocycles. The van der Waals surface area contributed by atoms with E-state index in [4.69, 9.17) is 10.9 Å². The summed E-state index contributed by atoms with van der Waals surface area (Å²) in [7, 11) is 0. The molecule has 2 rings (SSSR count). The fourth-order valence-corrected chi connectivity index (χ4v) is 2.41. The van der Waals surface area contributed by atoms with Crippen molar-refractivity contribution in [1.29, 1.82) is 0 Å². The average molecular weight is 321 g/mol. The lowest BCUT2D eigenvalue weighted by Gasteiger charge is -2.14. The van der Waals surface area contributed by atoms with E-state index >= 15 is 0 Å². The molecule has 0 spiro atoms. The van der Waals surface area contributed by atoms with E-state index in [-0.39, 0.29) is 24.4 Å². The highest BCUT2D eigenvalue weighted by Crippen LogP contribution is 2.35. The van der Waals surface area contributed by atoms with Crippen molar-refractivity contribution in [1.82, 2.24) is 10.0 Å². The van der Waals surface area contributed by atoms with Crippen LogP contribution in [0.4, 0.5) is 0 Å². The van der Waals surface area contributed by atoms with Crippen molar-refractivity contribution < 1.29 is 25.3 Å². The summed E-state index contributed by atoms with van der Waals surface area (Å²) >= 11 is 0. The van der Waals surface area contributed by atoms with Gasteiger partial charge in [0.05, 0.1) is 12.5 Å². The molecule has 2 atom stereocenters. The first kappa shape index (κ1) is 16.8. The molecule has 0 saturated heterocycles. The van der Waals surface area contributed by atoms with Crippen molar-refractivity contribution in [3.05, 3.63) is 47.5 Å². The average Bonchev–Trinajstić information content (AvgIpc) is 2.81. The molecule has 1 aromatic carbocycles. The lowest BCUT2D eigenvalue weighted by molar-refractivity contribution is -0.119. The number of nitrogens with two attached hydrogens (primary N) is 1. The summed E-state index contributed by atoms with van der Waals surface area (Å²) in [6, 6.07) is 10.3. The van der Waals surface area contributed by atoms with Crippen molar-refractivity contribution in [2.75, 3.05) is 0 Å². The van der Waals surface area contributed by atoms with Gasteiger partial charge in [-0.2, -0.15) is 5.48 Å². The second-order valence-electron chi connectivity index (χ2n) is 5.18. The number of nitrogens with one attached hydrogen (secondary N) is 1. The number of amides is 1. The molecular weight excluding hydrogens is 302 g/mol. The summed E-state index contributed by atoms with van der Waals surface area (Å²) in [6.45, 7) is -0.314. The van der Waals surface area contributed by atoms with Gasteiger partial charge in [-0.25, -0.2) is 0 Å². The van der Waals surface area contributed by atoms with Gasteiger partial charge in [0.25, 0.3) is 0 Å². The normalized spacial score (nSPS) is 13.7. The molecule has 124 valence electrons. The topological polar surface area (TPSA) is 141 Å². The summed E-state index contributed by atoms with van der Waals surface area (Å²) in [6.07, 6.45) is -1.14. The van der Waals surface area contributed by atoms with Crippen LogP contribution in [0.15, 0.2) is 36.4 Å². The molecule has 8 nitrogen and oxygen atoms in total. The van der Waals surface area contributed by atoms with E-state index in [2.05, 4.69) is 0 Å². The Balaban J connectivity index is 2.33.